The molecule has 0 spiro atoms. The molecule has 0 fully saturated rings. The standard InChI is InChI=1S/C7H10N2O/c1-5-2-3-6(9-8)4-7(5)10/h2-4,9-10H,8H2,1H3. The molecule has 4 N–H and O–H groups in total. The van der Waals surface area contributed by atoms with E-state index in [0.29, 0.717) is 5.69 Å². The van der Waals surface area contributed by atoms with E-state index in [0.717, 1.165) is 5.56 Å². The molecule has 0 aliphatic rings. The normalized spacial score (nSPS) is 9.40. The number of phenolic OH excluding ortho intramolecular Hbond substituents is 1. The number of hydrogen-bond donors (Lipinski definition) is 3. The van der Waals surface area contributed by atoms with Gasteiger partial charge in [-0.2, -0.15) is 0 Å². The number of anilines is 1. The van der Waals surface area contributed by atoms with Gasteiger partial charge in [-0.15, -0.1) is 0 Å². The second kappa shape index (κ2) is 2.58. The van der Waals surface area contributed by atoms with Crippen molar-refractivity contribution in [2.45, 2.75) is 6.92 Å². The van der Waals surface area contributed by atoms with Crippen LogP contribution in [0.2, 0.25) is 0 Å². The van der Waals surface area contributed by atoms with E-state index in [1.807, 2.05) is 6.92 Å². The van der Waals surface area contributed by atoms with Crippen molar-refractivity contribution in [3.8, 4) is 5.75 Å². The minimum Gasteiger partial charge on any atom is -0.508 e. The van der Waals surface area contributed by atoms with Gasteiger partial charge in [0.15, 0.2) is 0 Å². The van der Waals surface area contributed by atoms with Crippen molar-refractivity contribution in [1.82, 2.24) is 0 Å². The topological polar surface area (TPSA) is 58.3 Å². The first-order valence-electron chi connectivity index (χ1n) is 3.00. The van der Waals surface area contributed by atoms with E-state index < -0.39 is 0 Å². The van der Waals surface area contributed by atoms with E-state index in [1.54, 1.807) is 18.2 Å². The van der Waals surface area contributed by atoms with Crippen LogP contribution in [0.25, 0.3) is 0 Å². The highest BCUT2D eigenvalue weighted by Crippen LogP contribution is 2.19. The van der Waals surface area contributed by atoms with Gasteiger partial charge in [-0.05, 0) is 18.6 Å². The first kappa shape index (κ1) is 6.89. The largest absolute Gasteiger partial charge is 0.508 e. The number of nitrogen functional groups attached to an aromatic ring is 1. The van der Waals surface area contributed by atoms with E-state index in [4.69, 9.17) is 10.9 Å². The highest BCUT2D eigenvalue weighted by molar-refractivity contribution is 5.49. The molecule has 0 saturated heterocycles. The quantitative estimate of drug-likeness (QED) is 0.400. The average molecular weight is 138 g/mol. The molecule has 3 heteroatoms. The van der Waals surface area contributed by atoms with Crippen molar-refractivity contribution in [3.63, 3.8) is 0 Å². The van der Waals surface area contributed by atoms with Crippen LogP contribution in [0.4, 0.5) is 5.69 Å². The molecule has 0 heterocycles. The van der Waals surface area contributed by atoms with Crippen molar-refractivity contribution < 1.29 is 5.11 Å². The molecule has 0 aromatic heterocycles. The Bertz CT molecular complexity index is 235. The van der Waals surface area contributed by atoms with Gasteiger partial charge in [0.25, 0.3) is 0 Å². The Morgan fingerprint density at radius 3 is 2.70 bits per heavy atom. The summed E-state index contributed by atoms with van der Waals surface area (Å²) in [4.78, 5) is 0. The van der Waals surface area contributed by atoms with Gasteiger partial charge in [0.1, 0.15) is 5.75 Å². The van der Waals surface area contributed by atoms with Gasteiger partial charge in [-0.25, -0.2) is 0 Å². The molecule has 10 heavy (non-hydrogen) atoms. The molecule has 0 atom stereocenters. The van der Waals surface area contributed by atoms with Gasteiger partial charge in [0.05, 0.1) is 5.69 Å². The van der Waals surface area contributed by atoms with E-state index in [2.05, 4.69) is 5.43 Å². The lowest BCUT2D eigenvalue weighted by Gasteiger charge is -2.01. The fraction of sp³-hybridized carbons (Fsp3) is 0.143. The van der Waals surface area contributed by atoms with Gasteiger partial charge in [-0.3, -0.25) is 5.84 Å². The second-order valence-corrected chi connectivity index (χ2v) is 2.15. The van der Waals surface area contributed by atoms with Gasteiger partial charge in [0, 0.05) is 6.07 Å². The van der Waals surface area contributed by atoms with Crippen LogP contribution in [-0.2, 0) is 0 Å². The molecule has 0 amide bonds. The summed E-state index contributed by atoms with van der Waals surface area (Å²) in [5.74, 6) is 5.37. The minimum absolute atomic E-state index is 0.260. The highest BCUT2D eigenvalue weighted by atomic mass is 16.3. The summed E-state index contributed by atoms with van der Waals surface area (Å²) in [5, 5.41) is 9.14. The maximum Gasteiger partial charge on any atom is 0.120 e. The smallest absolute Gasteiger partial charge is 0.120 e. The number of phenols is 1. The Balaban J connectivity index is 3.04. The van der Waals surface area contributed by atoms with Crippen molar-refractivity contribution in [1.29, 1.82) is 0 Å². The van der Waals surface area contributed by atoms with Crippen LogP contribution in [0.3, 0.4) is 0 Å². The van der Waals surface area contributed by atoms with Crippen LogP contribution in [-0.4, -0.2) is 5.11 Å². The zero-order chi connectivity index (χ0) is 7.56. The summed E-state index contributed by atoms with van der Waals surface area (Å²) in [6.45, 7) is 1.83. The number of hydrazine groups is 1. The van der Waals surface area contributed by atoms with Crippen LogP contribution in [0.15, 0.2) is 18.2 Å². The van der Waals surface area contributed by atoms with Crippen LogP contribution in [0.1, 0.15) is 5.56 Å². The van der Waals surface area contributed by atoms with Crippen LogP contribution >= 0.6 is 0 Å². The van der Waals surface area contributed by atoms with Crippen molar-refractivity contribution in [2.24, 2.45) is 5.84 Å². The Morgan fingerprint density at radius 2 is 2.20 bits per heavy atom. The van der Waals surface area contributed by atoms with Crippen molar-refractivity contribution in [2.75, 3.05) is 5.43 Å². The second-order valence-electron chi connectivity index (χ2n) is 2.15. The molecule has 0 bridgehead atoms. The Kier molecular flexibility index (Phi) is 1.78. The SMILES string of the molecule is Cc1ccc(NN)cc1O. The number of rotatable bonds is 1. The van der Waals surface area contributed by atoms with Crippen LogP contribution in [0, 0.1) is 6.92 Å². The third-order valence-corrected chi connectivity index (χ3v) is 1.38. The lowest BCUT2D eigenvalue weighted by molar-refractivity contribution is 0.471. The lowest BCUT2D eigenvalue weighted by atomic mass is 10.2. The molecule has 54 valence electrons. The zero-order valence-corrected chi connectivity index (χ0v) is 5.76. The Hall–Kier alpha value is -1.22. The fourth-order valence-electron chi connectivity index (χ4n) is 0.699. The van der Waals surface area contributed by atoms with E-state index in [1.165, 1.54) is 0 Å². The summed E-state index contributed by atoms with van der Waals surface area (Å²) < 4.78 is 0. The van der Waals surface area contributed by atoms with Crippen molar-refractivity contribution in [3.05, 3.63) is 23.8 Å². The first-order valence-corrected chi connectivity index (χ1v) is 3.00. The zero-order valence-electron chi connectivity index (χ0n) is 5.76. The van der Waals surface area contributed by atoms with E-state index >= 15 is 0 Å². The van der Waals surface area contributed by atoms with Crippen LogP contribution < -0.4 is 11.3 Å². The summed E-state index contributed by atoms with van der Waals surface area (Å²) >= 11 is 0. The molecule has 0 saturated carbocycles. The molecule has 3 nitrogen and oxygen atoms in total. The maximum absolute atomic E-state index is 9.14. The summed E-state index contributed by atoms with van der Waals surface area (Å²) in [6.07, 6.45) is 0. The molecule has 1 aromatic rings. The molecule has 1 rings (SSSR count). The molecular weight excluding hydrogens is 128 g/mol. The highest BCUT2D eigenvalue weighted by Gasteiger charge is 1.94. The fourth-order valence-corrected chi connectivity index (χ4v) is 0.699. The predicted octanol–water partition coefficient (Wildman–Crippen LogP) is 0.986. The van der Waals surface area contributed by atoms with Gasteiger partial charge in [0.2, 0.25) is 0 Å². The number of aromatic hydroxyl groups is 1. The number of nitrogens with two attached hydrogens (primary N) is 1. The summed E-state index contributed by atoms with van der Waals surface area (Å²) in [7, 11) is 0. The van der Waals surface area contributed by atoms with Gasteiger partial charge >= 0.3 is 0 Å². The summed E-state index contributed by atoms with van der Waals surface area (Å²) in [6, 6.07) is 5.18. The molecule has 0 unspecified atom stereocenters. The third-order valence-electron chi connectivity index (χ3n) is 1.38. The van der Waals surface area contributed by atoms with Crippen LogP contribution in [0.5, 0.6) is 5.75 Å². The van der Waals surface area contributed by atoms with Crippen molar-refractivity contribution >= 4 is 5.69 Å². The first-order chi connectivity index (χ1) is 4.74. The summed E-state index contributed by atoms with van der Waals surface area (Å²) in [5.41, 5.74) is 3.99. The van der Waals surface area contributed by atoms with E-state index in [9.17, 15) is 0 Å². The monoisotopic (exact) mass is 138 g/mol. The molecule has 1 aromatic carbocycles. The van der Waals surface area contributed by atoms with E-state index in [-0.39, 0.29) is 5.75 Å². The lowest BCUT2D eigenvalue weighted by Crippen LogP contribution is -2.06. The Morgan fingerprint density at radius 1 is 1.50 bits per heavy atom. The average Bonchev–Trinajstić information content (AvgIpc) is 1.95. The third kappa shape index (κ3) is 1.19. The molecule has 0 aliphatic carbocycles. The number of aryl methyl sites for hydroxylation is 1. The predicted molar refractivity (Wildman–Crippen MR) is 40.7 cm³/mol. The minimum atomic E-state index is 0.260. The van der Waals surface area contributed by atoms with Gasteiger partial charge in [-0.1, -0.05) is 6.07 Å². The molecule has 0 radical (unpaired) electrons. The molecular formula is C7H10N2O. The Labute approximate surface area is 59.5 Å². The molecule has 0 aliphatic heterocycles. The number of benzene rings is 1. The number of hydrogen-bond acceptors (Lipinski definition) is 3. The number of nitrogens with one attached hydrogen (secondary N) is 1. The maximum atomic E-state index is 9.14. The van der Waals surface area contributed by atoms with Gasteiger partial charge < -0.3 is 10.5 Å².